The molecule has 34 heavy (non-hydrogen) atoms. The molecule has 3 rings (SSSR count). The number of nitrogens with zero attached hydrogens (tertiary/aromatic N) is 1. The number of hydrogen-bond donors (Lipinski definition) is 2. The van der Waals surface area contributed by atoms with Crippen LogP contribution in [0.3, 0.4) is 0 Å². The Morgan fingerprint density at radius 1 is 0.941 bits per heavy atom. The number of nitrogens with one attached hydrogen (secondary N) is 2. The number of carbonyl (C=O) groups is 2. The molecule has 0 unspecified atom stereocenters. The summed E-state index contributed by atoms with van der Waals surface area (Å²) in [6.45, 7) is 1.56. The van der Waals surface area contributed by atoms with Gasteiger partial charge in [0.1, 0.15) is 11.8 Å². The molecular weight excluding hydrogens is 497 g/mol. The molecule has 0 aliphatic heterocycles. The third-order valence-electron chi connectivity index (χ3n) is 4.77. The van der Waals surface area contributed by atoms with E-state index in [1.807, 2.05) is 36.4 Å². The van der Waals surface area contributed by atoms with Crippen molar-refractivity contribution in [3.05, 3.63) is 99.0 Å². The summed E-state index contributed by atoms with van der Waals surface area (Å²) in [7, 11) is 0. The summed E-state index contributed by atoms with van der Waals surface area (Å²) in [4.78, 5) is 25.7. The second-order valence-electron chi connectivity index (χ2n) is 7.34. The first-order valence-corrected chi connectivity index (χ1v) is 11.5. The average Bonchev–Trinajstić information content (AvgIpc) is 2.82. The van der Waals surface area contributed by atoms with E-state index in [0.717, 1.165) is 5.56 Å². The molecule has 0 aliphatic rings. The van der Waals surface area contributed by atoms with E-state index in [1.54, 1.807) is 37.3 Å². The summed E-state index contributed by atoms with van der Waals surface area (Å²) in [5, 5.41) is 7.94. The summed E-state index contributed by atoms with van der Waals surface area (Å²) < 4.78 is 5.67. The van der Waals surface area contributed by atoms with E-state index in [9.17, 15) is 9.59 Å². The Kier molecular flexibility index (Phi) is 9.33. The fourth-order valence-electron chi connectivity index (χ4n) is 2.99. The van der Waals surface area contributed by atoms with Crippen LogP contribution in [0.25, 0.3) is 0 Å². The van der Waals surface area contributed by atoms with Crippen LogP contribution >= 0.6 is 34.8 Å². The minimum Gasteiger partial charge on any atom is -0.479 e. The van der Waals surface area contributed by atoms with Crippen LogP contribution in [0, 0.1) is 0 Å². The smallest absolute Gasteiger partial charge is 0.262 e. The van der Waals surface area contributed by atoms with Gasteiger partial charge in [-0.2, -0.15) is 5.10 Å². The lowest BCUT2D eigenvalue weighted by molar-refractivity contribution is -0.132. The maximum atomic E-state index is 12.9. The van der Waals surface area contributed by atoms with Gasteiger partial charge in [-0.25, -0.2) is 5.43 Å². The number of hydrogen-bond acceptors (Lipinski definition) is 4. The molecule has 0 saturated heterocycles. The largest absolute Gasteiger partial charge is 0.479 e. The zero-order valence-corrected chi connectivity index (χ0v) is 20.4. The number of hydrazone groups is 1. The van der Waals surface area contributed by atoms with Crippen LogP contribution in [0.15, 0.2) is 77.9 Å². The zero-order chi connectivity index (χ0) is 24.5. The molecule has 3 aromatic carbocycles. The van der Waals surface area contributed by atoms with Crippen molar-refractivity contribution in [2.45, 2.75) is 25.5 Å². The fraction of sp³-hybridized carbons (Fsp3) is 0.160. The van der Waals surface area contributed by atoms with Crippen molar-refractivity contribution < 1.29 is 14.3 Å². The molecule has 0 aromatic heterocycles. The predicted molar refractivity (Wildman–Crippen MR) is 136 cm³/mol. The molecule has 2 atom stereocenters. The molecule has 9 heteroatoms. The highest BCUT2D eigenvalue weighted by molar-refractivity contribution is 6.35. The number of halogens is 3. The van der Waals surface area contributed by atoms with Crippen molar-refractivity contribution in [2.24, 2.45) is 5.10 Å². The Hall–Kier alpha value is -3.06. The van der Waals surface area contributed by atoms with Gasteiger partial charge < -0.3 is 10.1 Å². The second-order valence-corrected chi connectivity index (χ2v) is 8.59. The molecule has 0 aliphatic carbocycles. The molecule has 0 fully saturated rings. The molecular formula is C25H22Cl3N3O3. The van der Waals surface area contributed by atoms with Crippen molar-refractivity contribution in [3.63, 3.8) is 0 Å². The van der Waals surface area contributed by atoms with E-state index >= 15 is 0 Å². The van der Waals surface area contributed by atoms with Crippen LogP contribution in [0.2, 0.25) is 15.1 Å². The Bertz CT molecular complexity index is 1170. The van der Waals surface area contributed by atoms with Crippen LogP contribution in [0.1, 0.15) is 18.1 Å². The average molecular weight is 519 g/mol. The molecule has 0 radical (unpaired) electrons. The normalized spacial score (nSPS) is 12.7. The summed E-state index contributed by atoms with van der Waals surface area (Å²) in [6, 6.07) is 20.2. The summed E-state index contributed by atoms with van der Waals surface area (Å²) in [5.74, 6) is -0.670. The monoisotopic (exact) mass is 517 g/mol. The van der Waals surface area contributed by atoms with Crippen LogP contribution in [0.4, 0.5) is 0 Å². The van der Waals surface area contributed by atoms with Gasteiger partial charge in [0.2, 0.25) is 0 Å². The topological polar surface area (TPSA) is 79.8 Å². The molecule has 6 nitrogen and oxygen atoms in total. The van der Waals surface area contributed by atoms with E-state index < -0.39 is 24.0 Å². The number of carbonyl (C=O) groups excluding carboxylic acids is 2. The van der Waals surface area contributed by atoms with E-state index in [0.29, 0.717) is 21.4 Å². The highest BCUT2D eigenvalue weighted by Gasteiger charge is 2.25. The molecule has 2 amide bonds. The standard InChI is InChI=1S/C25H22Cl3N3O3/c1-16(34-23-12-11-19(26)14-21(23)28)24(32)30-22(13-17-7-3-2-4-8-17)25(33)31-29-15-18-9-5-6-10-20(18)27/h2-12,14-16,22H,13H2,1H3,(H,30,32)(H,31,33)/b29-15-/t16-,22-/m1/s1. The van der Waals surface area contributed by atoms with E-state index in [4.69, 9.17) is 39.5 Å². The Labute approximate surface area is 212 Å². The van der Waals surface area contributed by atoms with E-state index in [2.05, 4.69) is 15.8 Å². The van der Waals surface area contributed by atoms with Gasteiger partial charge in [0, 0.05) is 22.0 Å². The van der Waals surface area contributed by atoms with Crippen LogP contribution < -0.4 is 15.5 Å². The van der Waals surface area contributed by atoms with Gasteiger partial charge in [0.05, 0.1) is 11.2 Å². The molecule has 3 aromatic rings. The van der Waals surface area contributed by atoms with Gasteiger partial charge >= 0.3 is 0 Å². The van der Waals surface area contributed by atoms with Gasteiger partial charge in [-0.15, -0.1) is 0 Å². The third-order valence-corrected chi connectivity index (χ3v) is 5.64. The van der Waals surface area contributed by atoms with Crippen molar-refractivity contribution >= 4 is 52.8 Å². The zero-order valence-electron chi connectivity index (χ0n) is 18.2. The summed E-state index contributed by atoms with van der Waals surface area (Å²) in [6.07, 6.45) is 0.779. The number of amides is 2. The molecule has 176 valence electrons. The van der Waals surface area contributed by atoms with Crippen LogP contribution in [0.5, 0.6) is 5.75 Å². The van der Waals surface area contributed by atoms with Crippen LogP contribution in [-0.2, 0) is 16.0 Å². The minimum atomic E-state index is -0.920. The summed E-state index contributed by atoms with van der Waals surface area (Å²) >= 11 is 18.1. The lowest BCUT2D eigenvalue weighted by Crippen LogP contribution is -2.50. The van der Waals surface area contributed by atoms with Gasteiger partial charge in [-0.3, -0.25) is 9.59 Å². The van der Waals surface area contributed by atoms with Gasteiger partial charge in [0.25, 0.3) is 11.8 Å². The Morgan fingerprint density at radius 3 is 2.35 bits per heavy atom. The third kappa shape index (κ3) is 7.48. The van der Waals surface area contributed by atoms with Crippen molar-refractivity contribution in [3.8, 4) is 5.75 Å². The highest BCUT2D eigenvalue weighted by atomic mass is 35.5. The first kappa shape index (κ1) is 25.6. The lowest BCUT2D eigenvalue weighted by Gasteiger charge is -2.21. The molecule has 0 saturated carbocycles. The number of ether oxygens (including phenoxy) is 1. The highest BCUT2D eigenvalue weighted by Crippen LogP contribution is 2.28. The number of rotatable bonds is 9. The predicted octanol–water partition coefficient (Wildman–Crippen LogP) is 5.29. The van der Waals surface area contributed by atoms with Gasteiger partial charge in [-0.1, -0.05) is 83.3 Å². The maximum Gasteiger partial charge on any atom is 0.262 e. The first-order chi connectivity index (χ1) is 16.3. The Morgan fingerprint density at radius 2 is 1.65 bits per heavy atom. The minimum absolute atomic E-state index is 0.258. The SMILES string of the molecule is C[C@@H](Oc1ccc(Cl)cc1Cl)C(=O)N[C@H](Cc1ccccc1)C(=O)N/N=C\c1ccccc1Cl. The Balaban J connectivity index is 1.69. The van der Waals surface area contributed by atoms with Crippen molar-refractivity contribution in [1.82, 2.24) is 10.7 Å². The first-order valence-electron chi connectivity index (χ1n) is 10.4. The van der Waals surface area contributed by atoms with E-state index in [1.165, 1.54) is 12.3 Å². The van der Waals surface area contributed by atoms with Crippen molar-refractivity contribution in [1.29, 1.82) is 0 Å². The van der Waals surface area contributed by atoms with Gasteiger partial charge in [0.15, 0.2) is 6.10 Å². The maximum absolute atomic E-state index is 12.9. The molecule has 0 bridgehead atoms. The summed E-state index contributed by atoms with van der Waals surface area (Å²) in [5.41, 5.74) is 3.98. The molecule has 2 N–H and O–H groups in total. The quantitative estimate of drug-likeness (QED) is 0.298. The lowest BCUT2D eigenvalue weighted by atomic mass is 10.1. The molecule has 0 heterocycles. The fourth-order valence-corrected chi connectivity index (χ4v) is 3.62. The molecule has 0 spiro atoms. The van der Waals surface area contributed by atoms with E-state index in [-0.39, 0.29) is 11.4 Å². The van der Waals surface area contributed by atoms with Crippen molar-refractivity contribution in [2.75, 3.05) is 0 Å². The number of benzene rings is 3. The van der Waals surface area contributed by atoms with Crippen LogP contribution in [-0.4, -0.2) is 30.2 Å². The van der Waals surface area contributed by atoms with Gasteiger partial charge in [-0.05, 0) is 36.8 Å². The second kappa shape index (κ2) is 12.4.